The lowest BCUT2D eigenvalue weighted by atomic mass is 10.2. The summed E-state index contributed by atoms with van der Waals surface area (Å²) in [6.45, 7) is 0. The van der Waals surface area contributed by atoms with Crippen LogP contribution in [0.2, 0.25) is 0 Å². The Labute approximate surface area is 115 Å². The first-order valence-electron chi connectivity index (χ1n) is 5.56. The van der Waals surface area contributed by atoms with Gasteiger partial charge in [0.2, 0.25) is 10.0 Å². The molecule has 2 aromatic carbocycles. The molecule has 0 atom stereocenters. The SMILES string of the molecule is NS(=O)(=O)c1cccc(C(=O)Nc2ccc(F)cc2)c1. The van der Waals surface area contributed by atoms with Gasteiger partial charge in [0.1, 0.15) is 5.82 Å². The Morgan fingerprint density at radius 1 is 1.10 bits per heavy atom. The van der Waals surface area contributed by atoms with Gasteiger partial charge in [0.15, 0.2) is 0 Å². The molecule has 0 radical (unpaired) electrons. The van der Waals surface area contributed by atoms with Gasteiger partial charge in [0.25, 0.3) is 5.91 Å². The van der Waals surface area contributed by atoms with Crippen molar-refractivity contribution < 1.29 is 17.6 Å². The molecule has 0 bridgehead atoms. The van der Waals surface area contributed by atoms with Crippen molar-refractivity contribution in [3.8, 4) is 0 Å². The Kier molecular flexibility index (Phi) is 3.82. The smallest absolute Gasteiger partial charge is 0.255 e. The van der Waals surface area contributed by atoms with Gasteiger partial charge in [0.05, 0.1) is 4.90 Å². The maximum Gasteiger partial charge on any atom is 0.255 e. The number of halogens is 1. The summed E-state index contributed by atoms with van der Waals surface area (Å²) in [5.74, 6) is -0.929. The number of primary sulfonamides is 1. The van der Waals surface area contributed by atoms with E-state index in [1.165, 1.54) is 48.5 Å². The van der Waals surface area contributed by atoms with Gasteiger partial charge in [-0.25, -0.2) is 17.9 Å². The minimum atomic E-state index is -3.87. The highest BCUT2D eigenvalue weighted by Crippen LogP contribution is 2.13. The van der Waals surface area contributed by atoms with E-state index in [9.17, 15) is 17.6 Å². The largest absolute Gasteiger partial charge is 0.322 e. The molecule has 0 fully saturated rings. The number of nitrogens with two attached hydrogens (primary N) is 1. The fourth-order valence-corrected chi connectivity index (χ4v) is 2.11. The number of carbonyl (C=O) groups excluding carboxylic acids is 1. The average molecular weight is 294 g/mol. The van der Waals surface area contributed by atoms with Crippen LogP contribution in [0, 0.1) is 5.82 Å². The highest BCUT2D eigenvalue weighted by molar-refractivity contribution is 7.89. The maximum absolute atomic E-state index is 12.7. The van der Waals surface area contributed by atoms with Crippen LogP contribution in [0.15, 0.2) is 53.4 Å². The zero-order chi connectivity index (χ0) is 14.8. The summed E-state index contributed by atoms with van der Waals surface area (Å²) in [7, 11) is -3.87. The van der Waals surface area contributed by atoms with Gasteiger partial charge < -0.3 is 5.32 Å². The minimum Gasteiger partial charge on any atom is -0.322 e. The summed E-state index contributed by atoms with van der Waals surface area (Å²) >= 11 is 0. The first-order valence-corrected chi connectivity index (χ1v) is 7.11. The fourth-order valence-electron chi connectivity index (χ4n) is 1.55. The molecule has 0 heterocycles. The Balaban J connectivity index is 2.23. The van der Waals surface area contributed by atoms with Crippen LogP contribution < -0.4 is 10.5 Å². The topological polar surface area (TPSA) is 89.3 Å². The number of hydrogen-bond acceptors (Lipinski definition) is 3. The third kappa shape index (κ3) is 3.40. The molecule has 20 heavy (non-hydrogen) atoms. The summed E-state index contributed by atoms with van der Waals surface area (Å²) in [4.78, 5) is 11.8. The van der Waals surface area contributed by atoms with Gasteiger partial charge in [-0.05, 0) is 42.5 Å². The Morgan fingerprint density at radius 2 is 1.75 bits per heavy atom. The summed E-state index contributed by atoms with van der Waals surface area (Å²) < 4.78 is 35.2. The van der Waals surface area contributed by atoms with Crippen LogP contribution in [0.5, 0.6) is 0 Å². The lowest BCUT2D eigenvalue weighted by Gasteiger charge is -2.06. The molecule has 0 spiro atoms. The molecule has 0 aliphatic heterocycles. The second-order valence-electron chi connectivity index (χ2n) is 4.03. The van der Waals surface area contributed by atoms with Gasteiger partial charge in [-0.1, -0.05) is 6.07 Å². The van der Waals surface area contributed by atoms with Crippen LogP contribution >= 0.6 is 0 Å². The number of anilines is 1. The first kappa shape index (κ1) is 14.2. The van der Waals surface area contributed by atoms with Crippen molar-refractivity contribution in [2.45, 2.75) is 4.90 Å². The summed E-state index contributed by atoms with van der Waals surface area (Å²) in [5.41, 5.74) is 0.540. The van der Waals surface area contributed by atoms with E-state index < -0.39 is 21.7 Å². The molecule has 104 valence electrons. The minimum absolute atomic E-state index is 0.140. The molecule has 1 amide bonds. The average Bonchev–Trinajstić information content (AvgIpc) is 2.40. The Bertz CT molecular complexity index is 742. The van der Waals surface area contributed by atoms with Gasteiger partial charge in [-0.3, -0.25) is 4.79 Å². The van der Waals surface area contributed by atoms with E-state index in [2.05, 4.69) is 5.32 Å². The lowest BCUT2D eigenvalue weighted by molar-refractivity contribution is 0.102. The Morgan fingerprint density at radius 3 is 2.35 bits per heavy atom. The van der Waals surface area contributed by atoms with E-state index in [4.69, 9.17) is 5.14 Å². The molecule has 2 aromatic rings. The van der Waals surface area contributed by atoms with Crippen molar-refractivity contribution in [2.75, 3.05) is 5.32 Å². The maximum atomic E-state index is 12.7. The van der Waals surface area contributed by atoms with Gasteiger partial charge in [-0.15, -0.1) is 0 Å². The monoisotopic (exact) mass is 294 g/mol. The third-order valence-electron chi connectivity index (χ3n) is 2.53. The fraction of sp³-hybridized carbons (Fsp3) is 0. The molecular weight excluding hydrogens is 283 g/mol. The lowest BCUT2D eigenvalue weighted by Crippen LogP contribution is -2.15. The normalized spacial score (nSPS) is 11.1. The molecule has 0 saturated heterocycles. The number of rotatable bonds is 3. The van der Waals surface area contributed by atoms with E-state index in [-0.39, 0.29) is 10.5 Å². The summed E-state index contributed by atoms with van der Waals surface area (Å²) in [6.07, 6.45) is 0. The van der Waals surface area contributed by atoms with Crippen molar-refractivity contribution in [1.29, 1.82) is 0 Å². The zero-order valence-corrected chi connectivity index (χ0v) is 11.0. The molecule has 3 N–H and O–H groups in total. The first-order chi connectivity index (χ1) is 9.36. The molecular formula is C13H11FN2O3S. The number of benzene rings is 2. The summed E-state index contributed by atoms with van der Waals surface area (Å²) in [5, 5.41) is 7.52. The second kappa shape index (κ2) is 5.40. The number of sulfonamides is 1. The van der Waals surface area contributed by atoms with Crippen LogP contribution in [-0.4, -0.2) is 14.3 Å². The predicted octanol–water partition coefficient (Wildman–Crippen LogP) is 1.73. The number of carbonyl (C=O) groups is 1. The van der Waals surface area contributed by atoms with Gasteiger partial charge in [-0.2, -0.15) is 0 Å². The zero-order valence-electron chi connectivity index (χ0n) is 10.2. The number of amides is 1. The van der Waals surface area contributed by atoms with E-state index in [1.54, 1.807) is 0 Å². The predicted molar refractivity (Wildman–Crippen MR) is 72.2 cm³/mol. The van der Waals surface area contributed by atoms with Crippen molar-refractivity contribution in [3.05, 3.63) is 59.9 Å². The highest BCUT2D eigenvalue weighted by Gasteiger charge is 2.12. The van der Waals surface area contributed by atoms with Crippen LogP contribution in [0.1, 0.15) is 10.4 Å². The molecule has 0 aromatic heterocycles. The van der Waals surface area contributed by atoms with E-state index in [1.807, 2.05) is 0 Å². The third-order valence-corrected chi connectivity index (χ3v) is 3.44. The van der Waals surface area contributed by atoms with Crippen LogP contribution in [0.3, 0.4) is 0 Å². The van der Waals surface area contributed by atoms with Crippen molar-refractivity contribution in [2.24, 2.45) is 5.14 Å². The second-order valence-corrected chi connectivity index (χ2v) is 5.60. The van der Waals surface area contributed by atoms with Crippen LogP contribution in [0.4, 0.5) is 10.1 Å². The van der Waals surface area contributed by atoms with Crippen LogP contribution in [0.25, 0.3) is 0 Å². The molecule has 0 unspecified atom stereocenters. The van der Waals surface area contributed by atoms with Gasteiger partial charge in [0, 0.05) is 11.3 Å². The molecule has 7 heteroatoms. The molecule has 2 rings (SSSR count). The van der Waals surface area contributed by atoms with E-state index in [0.29, 0.717) is 5.69 Å². The number of hydrogen-bond donors (Lipinski definition) is 2. The molecule has 0 saturated carbocycles. The standard InChI is InChI=1S/C13H11FN2O3S/c14-10-4-6-11(7-5-10)16-13(17)9-2-1-3-12(8-9)20(15,18)19/h1-8H,(H,16,17)(H2,15,18,19). The summed E-state index contributed by atoms with van der Waals surface area (Å²) in [6, 6.07) is 10.5. The molecule has 0 aliphatic rings. The van der Waals surface area contributed by atoms with Crippen LogP contribution in [-0.2, 0) is 10.0 Å². The quantitative estimate of drug-likeness (QED) is 0.903. The van der Waals surface area contributed by atoms with E-state index >= 15 is 0 Å². The highest BCUT2D eigenvalue weighted by atomic mass is 32.2. The van der Waals surface area contributed by atoms with Crippen molar-refractivity contribution in [1.82, 2.24) is 0 Å². The van der Waals surface area contributed by atoms with Crippen molar-refractivity contribution >= 4 is 21.6 Å². The molecule has 5 nitrogen and oxygen atoms in total. The van der Waals surface area contributed by atoms with Gasteiger partial charge >= 0.3 is 0 Å². The number of nitrogens with one attached hydrogen (secondary N) is 1. The Hall–Kier alpha value is -2.25. The van der Waals surface area contributed by atoms with E-state index in [0.717, 1.165) is 0 Å². The van der Waals surface area contributed by atoms with Crippen molar-refractivity contribution in [3.63, 3.8) is 0 Å². The molecule has 0 aliphatic carbocycles.